The van der Waals surface area contributed by atoms with Crippen molar-refractivity contribution in [3.8, 4) is 0 Å². The van der Waals surface area contributed by atoms with Gasteiger partial charge in [0, 0.05) is 17.6 Å². The van der Waals surface area contributed by atoms with Crippen LogP contribution in [-0.2, 0) is 16.6 Å². The van der Waals surface area contributed by atoms with Gasteiger partial charge in [0.25, 0.3) is 10.0 Å². The number of nitrogens with one attached hydrogen (secondary N) is 2. The van der Waals surface area contributed by atoms with Gasteiger partial charge < -0.3 is 5.32 Å². The average molecular weight is 311 g/mol. The largest absolute Gasteiger partial charge is 0.315 e. The number of sulfonamides is 1. The minimum absolute atomic E-state index is 0.361. The molecule has 2 N–H and O–H groups in total. The summed E-state index contributed by atoms with van der Waals surface area (Å²) < 4.78 is 27.8. The van der Waals surface area contributed by atoms with E-state index in [2.05, 4.69) is 15.0 Å². The number of hydrogen-bond acceptors (Lipinski definition) is 5. The van der Waals surface area contributed by atoms with Crippen LogP contribution in [0.3, 0.4) is 0 Å². The molecule has 0 spiro atoms. The van der Waals surface area contributed by atoms with E-state index in [0.29, 0.717) is 22.8 Å². The molecule has 0 aliphatic carbocycles. The maximum Gasteiger partial charge on any atom is 0.263 e. The maximum absolute atomic E-state index is 12.6. The molecular weight excluding hydrogens is 294 g/mol. The van der Waals surface area contributed by atoms with Crippen LogP contribution in [0.15, 0.2) is 28.6 Å². The minimum Gasteiger partial charge on any atom is -0.315 e. The summed E-state index contributed by atoms with van der Waals surface area (Å²) in [5.74, 6) is 0. The minimum atomic E-state index is -3.60. The highest BCUT2D eigenvalue weighted by Gasteiger charge is 2.23. The molecule has 2 aromatic rings. The number of anilines is 1. The molecule has 5 nitrogen and oxygen atoms in total. The van der Waals surface area contributed by atoms with Crippen molar-refractivity contribution in [1.29, 1.82) is 0 Å². The van der Waals surface area contributed by atoms with E-state index in [1.807, 2.05) is 5.38 Å². The lowest BCUT2D eigenvalue weighted by atomic mass is 10.3. The number of thiophene rings is 1. The highest BCUT2D eigenvalue weighted by Crippen LogP contribution is 2.28. The Kier molecular flexibility index (Phi) is 4.42. The van der Waals surface area contributed by atoms with E-state index in [1.54, 1.807) is 39.2 Å². The highest BCUT2D eigenvalue weighted by molar-refractivity contribution is 7.93. The third-order valence-corrected chi connectivity index (χ3v) is 5.67. The Hall–Kier alpha value is -1.44. The fraction of sp³-hybridized carbons (Fsp3) is 0.308. The van der Waals surface area contributed by atoms with E-state index in [1.165, 1.54) is 11.3 Å². The van der Waals surface area contributed by atoms with E-state index in [0.717, 1.165) is 10.4 Å². The van der Waals surface area contributed by atoms with Gasteiger partial charge in [-0.1, -0.05) is 0 Å². The number of rotatable bonds is 5. The first-order chi connectivity index (χ1) is 9.45. The summed E-state index contributed by atoms with van der Waals surface area (Å²) in [6.45, 7) is 4.11. The first kappa shape index (κ1) is 15.0. The van der Waals surface area contributed by atoms with Gasteiger partial charge in [-0.15, -0.1) is 11.3 Å². The molecule has 0 saturated carbocycles. The van der Waals surface area contributed by atoms with Crippen LogP contribution >= 0.6 is 11.3 Å². The van der Waals surface area contributed by atoms with Crippen molar-refractivity contribution >= 4 is 27.0 Å². The van der Waals surface area contributed by atoms with Gasteiger partial charge in [-0.25, -0.2) is 8.42 Å². The summed E-state index contributed by atoms with van der Waals surface area (Å²) in [4.78, 5) is 5.25. The second-order valence-corrected chi connectivity index (χ2v) is 7.03. The van der Waals surface area contributed by atoms with Crippen molar-refractivity contribution < 1.29 is 8.42 Å². The molecule has 2 aromatic heterocycles. The number of aryl methyl sites for hydroxylation is 2. The molecule has 7 heteroatoms. The lowest BCUT2D eigenvalue weighted by Gasteiger charge is -2.11. The van der Waals surface area contributed by atoms with Crippen LogP contribution in [0, 0.1) is 13.8 Å². The zero-order valence-electron chi connectivity index (χ0n) is 11.6. The molecule has 0 amide bonds. The summed E-state index contributed by atoms with van der Waals surface area (Å²) in [6, 6.07) is 3.42. The monoisotopic (exact) mass is 311 g/mol. The molecule has 0 radical (unpaired) electrons. The zero-order chi connectivity index (χ0) is 14.8. The predicted molar refractivity (Wildman–Crippen MR) is 81.6 cm³/mol. The molecule has 2 heterocycles. The van der Waals surface area contributed by atoms with Crippen LogP contribution in [0.1, 0.15) is 16.1 Å². The van der Waals surface area contributed by atoms with Gasteiger partial charge in [0.15, 0.2) is 0 Å². The fourth-order valence-electron chi connectivity index (χ4n) is 1.92. The van der Waals surface area contributed by atoms with Crippen LogP contribution in [0.5, 0.6) is 0 Å². The van der Waals surface area contributed by atoms with E-state index in [4.69, 9.17) is 0 Å². The highest BCUT2D eigenvalue weighted by atomic mass is 32.2. The van der Waals surface area contributed by atoms with Crippen LogP contribution < -0.4 is 10.0 Å². The third-order valence-electron chi connectivity index (χ3n) is 2.85. The van der Waals surface area contributed by atoms with Crippen molar-refractivity contribution in [2.45, 2.75) is 25.3 Å². The Balaban J connectivity index is 2.41. The molecular formula is C13H17N3O2S2. The summed E-state index contributed by atoms with van der Waals surface area (Å²) in [5, 5.41) is 4.85. The number of aromatic nitrogens is 1. The zero-order valence-corrected chi connectivity index (χ0v) is 13.2. The lowest BCUT2D eigenvalue weighted by molar-refractivity contribution is 0.599. The quantitative estimate of drug-likeness (QED) is 0.888. The second kappa shape index (κ2) is 5.90. The fourth-order valence-corrected chi connectivity index (χ4v) is 4.86. The van der Waals surface area contributed by atoms with Gasteiger partial charge in [0.2, 0.25) is 0 Å². The molecule has 2 rings (SSSR count). The Morgan fingerprint density at radius 2 is 2.10 bits per heavy atom. The van der Waals surface area contributed by atoms with Gasteiger partial charge in [0.1, 0.15) is 4.90 Å². The Morgan fingerprint density at radius 3 is 2.75 bits per heavy atom. The predicted octanol–water partition coefficient (Wildman–Crippen LogP) is 2.28. The van der Waals surface area contributed by atoms with E-state index in [-0.39, 0.29) is 0 Å². The lowest BCUT2D eigenvalue weighted by Crippen LogP contribution is -2.17. The van der Waals surface area contributed by atoms with Gasteiger partial charge in [-0.3, -0.25) is 9.71 Å². The van der Waals surface area contributed by atoms with Gasteiger partial charge in [-0.05, 0) is 44.0 Å². The van der Waals surface area contributed by atoms with Crippen molar-refractivity contribution in [2.24, 2.45) is 0 Å². The summed E-state index contributed by atoms with van der Waals surface area (Å²) in [5.41, 5.74) is 1.92. The summed E-state index contributed by atoms with van der Waals surface area (Å²) >= 11 is 1.45. The molecule has 0 unspecified atom stereocenters. The second-order valence-electron chi connectivity index (χ2n) is 4.44. The molecule has 108 valence electrons. The molecule has 0 fully saturated rings. The molecule has 0 aromatic carbocycles. The molecule has 20 heavy (non-hydrogen) atoms. The van der Waals surface area contributed by atoms with Gasteiger partial charge >= 0.3 is 0 Å². The molecule has 0 aliphatic rings. The van der Waals surface area contributed by atoms with Crippen molar-refractivity contribution in [3.63, 3.8) is 0 Å². The van der Waals surface area contributed by atoms with Crippen molar-refractivity contribution in [1.82, 2.24) is 10.3 Å². The Bertz CT molecular complexity index is 708. The Labute approximate surface area is 123 Å². The molecule has 0 atom stereocenters. The topological polar surface area (TPSA) is 71.1 Å². The Morgan fingerprint density at radius 1 is 1.35 bits per heavy atom. The van der Waals surface area contributed by atoms with E-state index in [9.17, 15) is 8.42 Å². The van der Waals surface area contributed by atoms with Gasteiger partial charge in [0.05, 0.1) is 11.4 Å². The SMILES string of the molecule is CNCc1scc(C)c1S(=O)(=O)Nc1cccnc1C. The summed E-state index contributed by atoms with van der Waals surface area (Å²) in [6.07, 6.45) is 1.63. The van der Waals surface area contributed by atoms with Crippen LogP contribution in [0.25, 0.3) is 0 Å². The smallest absolute Gasteiger partial charge is 0.263 e. The van der Waals surface area contributed by atoms with Crippen LogP contribution in [0.2, 0.25) is 0 Å². The van der Waals surface area contributed by atoms with Gasteiger partial charge in [-0.2, -0.15) is 0 Å². The number of hydrogen-bond donors (Lipinski definition) is 2. The third kappa shape index (κ3) is 3.00. The number of pyridine rings is 1. The molecule has 0 saturated heterocycles. The normalized spacial score (nSPS) is 11.6. The average Bonchev–Trinajstić information content (AvgIpc) is 2.74. The van der Waals surface area contributed by atoms with Crippen molar-refractivity contribution in [2.75, 3.05) is 11.8 Å². The standard InChI is InChI=1S/C13H17N3O2S2/c1-9-8-19-12(7-14-3)13(9)20(17,18)16-11-5-4-6-15-10(11)2/h4-6,8,14,16H,7H2,1-3H3. The van der Waals surface area contributed by atoms with E-state index >= 15 is 0 Å². The van der Waals surface area contributed by atoms with Crippen molar-refractivity contribution in [3.05, 3.63) is 39.8 Å². The maximum atomic E-state index is 12.6. The number of nitrogens with zero attached hydrogens (tertiary/aromatic N) is 1. The summed E-state index contributed by atoms with van der Waals surface area (Å²) in [7, 11) is -1.80. The molecule has 0 aliphatic heterocycles. The first-order valence-corrected chi connectivity index (χ1v) is 8.48. The first-order valence-electron chi connectivity index (χ1n) is 6.11. The van der Waals surface area contributed by atoms with E-state index < -0.39 is 10.0 Å². The van der Waals surface area contributed by atoms with Crippen LogP contribution in [-0.4, -0.2) is 20.4 Å². The van der Waals surface area contributed by atoms with Crippen LogP contribution in [0.4, 0.5) is 5.69 Å². The molecule has 0 bridgehead atoms.